The van der Waals surface area contributed by atoms with Gasteiger partial charge in [-0.1, -0.05) is 250 Å². The lowest BCUT2D eigenvalue weighted by Crippen LogP contribution is -2.34. The van der Waals surface area contributed by atoms with E-state index < -0.39 is 0 Å². The monoisotopic (exact) mass is 987 g/mol. The molecular formula is C64H94N2O2S2. The molecule has 384 valence electrons. The Hall–Kier alpha value is -3.48. The van der Waals surface area contributed by atoms with Crippen molar-refractivity contribution in [3.63, 3.8) is 0 Å². The minimum absolute atomic E-state index is 0.0457. The van der Waals surface area contributed by atoms with Crippen molar-refractivity contribution >= 4 is 56.7 Å². The topological polar surface area (TPSA) is 40.6 Å². The Labute approximate surface area is 435 Å². The third-order valence-electron chi connectivity index (χ3n) is 15.6. The number of rotatable bonds is 39. The van der Waals surface area contributed by atoms with Gasteiger partial charge in [0, 0.05) is 18.0 Å². The van der Waals surface area contributed by atoms with Gasteiger partial charge in [-0.2, -0.15) is 0 Å². The molecule has 0 spiro atoms. The molecule has 0 radical (unpaired) electrons. The van der Waals surface area contributed by atoms with Crippen molar-refractivity contribution in [1.29, 1.82) is 0 Å². The summed E-state index contributed by atoms with van der Waals surface area (Å²) in [4.78, 5) is 38.8. The molecule has 2 amide bonds. The largest absolute Gasteiger partial charge is 0.306 e. The van der Waals surface area contributed by atoms with Gasteiger partial charge in [0.25, 0.3) is 11.8 Å². The first-order chi connectivity index (χ1) is 34.5. The summed E-state index contributed by atoms with van der Waals surface area (Å²) < 4.78 is 0. The highest BCUT2D eigenvalue weighted by atomic mass is 32.1. The third-order valence-corrected chi connectivity index (χ3v) is 17.6. The second-order valence-corrected chi connectivity index (χ2v) is 23.4. The Morgan fingerprint density at radius 1 is 0.400 bits per heavy atom. The van der Waals surface area contributed by atoms with Gasteiger partial charge in [-0.15, -0.1) is 22.7 Å². The van der Waals surface area contributed by atoms with Gasteiger partial charge >= 0.3 is 0 Å². The molecule has 0 N–H and O–H groups in total. The van der Waals surface area contributed by atoms with Gasteiger partial charge in [0.05, 0.1) is 32.3 Å². The molecule has 4 heterocycles. The molecule has 0 aliphatic carbocycles. The molecule has 70 heavy (non-hydrogen) atoms. The quantitative estimate of drug-likeness (QED) is 0.0418. The van der Waals surface area contributed by atoms with Crippen molar-refractivity contribution in [3.05, 3.63) is 93.0 Å². The maximum absolute atomic E-state index is 15.7. The highest BCUT2D eigenvalue weighted by Gasteiger charge is 2.50. The Balaban J connectivity index is 1.32. The zero-order valence-corrected chi connectivity index (χ0v) is 46.3. The number of benzene rings is 2. The van der Waals surface area contributed by atoms with Crippen molar-refractivity contribution in [1.82, 2.24) is 9.80 Å². The molecule has 2 aromatic carbocycles. The molecule has 0 saturated heterocycles. The lowest BCUT2D eigenvalue weighted by Gasteiger charge is -2.29. The number of carbonyl (C=O) groups is 2. The lowest BCUT2D eigenvalue weighted by molar-refractivity contribution is -0.124. The first-order valence-corrected chi connectivity index (χ1v) is 30.9. The lowest BCUT2D eigenvalue weighted by atomic mass is 9.93. The van der Waals surface area contributed by atoms with Crippen molar-refractivity contribution in [2.45, 2.75) is 233 Å². The minimum Gasteiger partial charge on any atom is -0.306 e. The van der Waals surface area contributed by atoms with Crippen molar-refractivity contribution in [2.24, 2.45) is 11.8 Å². The van der Waals surface area contributed by atoms with E-state index in [9.17, 15) is 0 Å². The van der Waals surface area contributed by atoms with Crippen LogP contribution in [0.2, 0.25) is 0 Å². The van der Waals surface area contributed by atoms with Gasteiger partial charge in [-0.25, -0.2) is 0 Å². The molecule has 2 aromatic heterocycles. The average Bonchev–Trinajstić information content (AvgIpc) is 4.19. The van der Waals surface area contributed by atoms with E-state index in [2.05, 4.69) is 110 Å². The molecular weight excluding hydrogens is 893 g/mol. The van der Waals surface area contributed by atoms with E-state index >= 15 is 9.59 Å². The van der Waals surface area contributed by atoms with Crippen LogP contribution >= 0.6 is 22.7 Å². The number of unbranched alkanes of at least 4 members (excludes halogenated alkanes) is 24. The van der Waals surface area contributed by atoms with E-state index in [1.165, 1.54) is 201 Å². The maximum Gasteiger partial charge on any atom is 0.261 e. The number of nitrogens with zero attached hydrogens (tertiary/aromatic N) is 2. The number of hydrogen-bond donors (Lipinski definition) is 0. The van der Waals surface area contributed by atoms with E-state index in [0.29, 0.717) is 36.1 Å². The van der Waals surface area contributed by atoms with Gasteiger partial charge in [-0.05, 0) is 83.5 Å². The summed E-state index contributed by atoms with van der Waals surface area (Å²) in [5.41, 5.74) is 4.26. The van der Waals surface area contributed by atoms with Crippen LogP contribution in [-0.4, -0.2) is 34.7 Å². The smallest absolute Gasteiger partial charge is 0.261 e. The summed E-state index contributed by atoms with van der Waals surface area (Å²) in [7, 11) is 0. The molecule has 6 heteroatoms. The standard InChI is InChI=1S/C64H94N2O2S2/c1-5-9-13-17-21-23-27-31-38-51(36-29-25-19-15-11-7-3)49-65-61(57-42-35-47-69-57)59-60(64(65)68)62(58-46-45-56(70-58)55-44-43-53-40-33-34-41-54(53)48-55)66(63(59)67)50-52(37-30-26-20-16-12-8-4)39-32-28-24-22-18-14-10-6-2/h33-35,40-48,51-52H,5-32,36-39,49-50H2,1-4H3. The fraction of sp³-hybridized carbons (Fsp3) is 0.625. The Morgan fingerprint density at radius 3 is 1.23 bits per heavy atom. The minimum atomic E-state index is 0.0457. The van der Waals surface area contributed by atoms with Crippen LogP contribution in [0.3, 0.4) is 0 Å². The van der Waals surface area contributed by atoms with Gasteiger partial charge < -0.3 is 9.80 Å². The second-order valence-electron chi connectivity index (χ2n) is 21.4. The molecule has 2 aliphatic rings. The summed E-state index contributed by atoms with van der Waals surface area (Å²) in [5.74, 6) is 0.901. The van der Waals surface area contributed by atoms with E-state index in [1.807, 2.05) is 0 Å². The van der Waals surface area contributed by atoms with Gasteiger partial charge in [0.2, 0.25) is 0 Å². The molecule has 2 atom stereocenters. The summed E-state index contributed by atoms with van der Waals surface area (Å²) in [6, 6.07) is 24.0. The fourth-order valence-corrected chi connectivity index (χ4v) is 13.2. The van der Waals surface area contributed by atoms with Crippen LogP contribution in [0.5, 0.6) is 0 Å². The Kier molecular flexibility index (Phi) is 25.4. The summed E-state index contributed by atoms with van der Waals surface area (Å²) in [5, 5.41) is 4.58. The van der Waals surface area contributed by atoms with Crippen LogP contribution < -0.4 is 0 Å². The number of thiophene rings is 2. The zero-order valence-electron chi connectivity index (χ0n) is 44.7. The van der Waals surface area contributed by atoms with Crippen LogP contribution in [-0.2, 0) is 9.59 Å². The van der Waals surface area contributed by atoms with Crippen LogP contribution in [0.25, 0.3) is 32.6 Å². The first-order valence-electron chi connectivity index (χ1n) is 29.2. The first kappa shape index (κ1) is 55.8. The number of hydrogen-bond acceptors (Lipinski definition) is 4. The number of amides is 2. The molecule has 2 unspecified atom stereocenters. The van der Waals surface area contributed by atoms with E-state index in [-0.39, 0.29) is 11.8 Å². The normalized spacial score (nSPS) is 14.9. The second kappa shape index (κ2) is 31.9. The molecule has 0 saturated carbocycles. The predicted molar refractivity (Wildman–Crippen MR) is 306 cm³/mol. The van der Waals surface area contributed by atoms with Gasteiger partial charge in [0.15, 0.2) is 0 Å². The SMILES string of the molecule is CCCCCCCCCCC(CCCCCCCC)CN1C(=O)C2=C(c3ccc(-c4ccc5ccccc5c4)s3)N(CC(CCCCCCCC)CCCCCCCCCC)C(=O)C2=C1c1cccs1. The molecule has 4 nitrogen and oxygen atoms in total. The van der Waals surface area contributed by atoms with E-state index in [1.54, 1.807) is 22.7 Å². The number of fused-ring (bicyclic) bond motifs is 2. The molecule has 0 fully saturated rings. The van der Waals surface area contributed by atoms with E-state index in [0.717, 1.165) is 46.8 Å². The van der Waals surface area contributed by atoms with Crippen LogP contribution in [0.4, 0.5) is 0 Å². The summed E-state index contributed by atoms with van der Waals surface area (Å²) >= 11 is 3.43. The molecule has 2 aliphatic heterocycles. The maximum atomic E-state index is 15.7. The van der Waals surface area contributed by atoms with Crippen LogP contribution in [0.1, 0.15) is 243 Å². The third kappa shape index (κ3) is 16.8. The highest BCUT2D eigenvalue weighted by molar-refractivity contribution is 7.16. The molecule has 4 aromatic rings. The van der Waals surface area contributed by atoms with Crippen molar-refractivity contribution < 1.29 is 9.59 Å². The van der Waals surface area contributed by atoms with Crippen molar-refractivity contribution in [2.75, 3.05) is 13.1 Å². The Bertz CT molecular complexity index is 2180. The fourth-order valence-electron chi connectivity index (χ4n) is 11.4. The zero-order chi connectivity index (χ0) is 49.2. The predicted octanol–water partition coefficient (Wildman–Crippen LogP) is 20.2. The van der Waals surface area contributed by atoms with Crippen molar-refractivity contribution in [3.8, 4) is 10.4 Å². The van der Waals surface area contributed by atoms with E-state index in [4.69, 9.17) is 0 Å². The summed E-state index contributed by atoms with van der Waals surface area (Å²) in [6.45, 7) is 10.6. The average molecular weight is 988 g/mol. The van der Waals surface area contributed by atoms with Gasteiger partial charge in [-0.3, -0.25) is 9.59 Å². The number of carbonyl (C=O) groups excluding carboxylic acids is 2. The van der Waals surface area contributed by atoms with Crippen LogP contribution in [0, 0.1) is 11.8 Å². The summed E-state index contributed by atoms with van der Waals surface area (Å²) in [6.07, 6.45) is 40.8. The van der Waals surface area contributed by atoms with Crippen LogP contribution in [0.15, 0.2) is 83.3 Å². The molecule has 6 rings (SSSR count). The Morgan fingerprint density at radius 2 is 0.800 bits per heavy atom. The molecule has 0 bridgehead atoms. The highest BCUT2D eigenvalue weighted by Crippen LogP contribution is 2.50. The van der Waals surface area contributed by atoms with Gasteiger partial charge in [0.1, 0.15) is 0 Å².